The molecule has 0 aliphatic rings. The largest absolute Gasteiger partial charge is 0.477 e. The highest BCUT2D eigenvalue weighted by Crippen LogP contribution is 2.22. The lowest BCUT2D eigenvalue weighted by molar-refractivity contribution is 0.0698. The summed E-state index contributed by atoms with van der Waals surface area (Å²) in [5.41, 5.74) is 0. The summed E-state index contributed by atoms with van der Waals surface area (Å²) in [7, 11) is -3.93. The predicted molar refractivity (Wildman–Crippen MR) is 67.3 cm³/mol. The first-order valence-corrected chi connectivity index (χ1v) is 7.60. The van der Waals surface area contributed by atoms with Gasteiger partial charge in [0.05, 0.1) is 6.61 Å². The van der Waals surface area contributed by atoms with Crippen LogP contribution in [0.2, 0.25) is 0 Å². The minimum atomic E-state index is -3.93. The van der Waals surface area contributed by atoms with Crippen LogP contribution in [0.4, 0.5) is 0 Å². The molecule has 3 N–H and O–H groups in total. The van der Waals surface area contributed by atoms with Crippen LogP contribution in [0.3, 0.4) is 0 Å². The summed E-state index contributed by atoms with van der Waals surface area (Å²) in [6.07, 6.45) is 0. The average molecular weight is 293 g/mol. The Hall–Kier alpha value is -0.960. The van der Waals surface area contributed by atoms with E-state index in [1.165, 1.54) is 11.4 Å². The number of nitrogens with one attached hydrogen (secondary N) is 1. The van der Waals surface area contributed by atoms with Gasteiger partial charge in [0, 0.05) is 6.04 Å². The van der Waals surface area contributed by atoms with Crippen molar-refractivity contribution < 1.29 is 23.4 Å². The SMILES string of the molecule is CC(C)[C@@H](CO)NS(=O)(=O)c1ccsc1C(=O)O. The maximum absolute atomic E-state index is 12.0. The van der Waals surface area contributed by atoms with Gasteiger partial charge < -0.3 is 10.2 Å². The van der Waals surface area contributed by atoms with Crippen molar-refractivity contribution in [2.45, 2.75) is 24.8 Å². The summed E-state index contributed by atoms with van der Waals surface area (Å²) in [5.74, 6) is -1.38. The maximum Gasteiger partial charge on any atom is 0.347 e. The number of aliphatic hydroxyl groups excluding tert-OH is 1. The number of aromatic carboxylic acids is 1. The van der Waals surface area contributed by atoms with Gasteiger partial charge in [0.1, 0.15) is 9.77 Å². The highest BCUT2D eigenvalue weighted by atomic mass is 32.2. The second-order valence-electron chi connectivity index (χ2n) is 4.07. The number of thiophene rings is 1. The number of hydrogen-bond acceptors (Lipinski definition) is 5. The zero-order valence-electron chi connectivity index (χ0n) is 9.95. The van der Waals surface area contributed by atoms with Crippen LogP contribution in [-0.4, -0.2) is 37.2 Å². The van der Waals surface area contributed by atoms with Gasteiger partial charge in [-0.1, -0.05) is 13.8 Å². The van der Waals surface area contributed by atoms with Crippen LogP contribution in [0.25, 0.3) is 0 Å². The number of aliphatic hydroxyl groups is 1. The number of carboxylic acids is 1. The van der Waals surface area contributed by atoms with Gasteiger partial charge in [0.25, 0.3) is 0 Å². The van der Waals surface area contributed by atoms with E-state index in [-0.39, 0.29) is 22.3 Å². The minimum absolute atomic E-state index is 0.100. The molecule has 1 heterocycles. The van der Waals surface area contributed by atoms with Crippen molar-refractivity contribution in [3.8, 4) is 0 Å². The van der Waals surface area contributed by atoms with E-state index in [1.54, 1.807) is 13.8 Å². The van der Waals surface area contributed by atoms with Crippen LogP contribution in [-0.2, 0) is 10.0 Å². The van der Waals surface area contributed by atoms with Gasteiger partial charge in [-0.25, -0.2) is 17.9 Å². The molecule has 0 bridgehead atoms. The fourth-order valence-corrected chi connectivity index (χ4v) is 3.95. The van der Waals surface area contributed by atoms with Gasteiger partial charge in [-0.05, 0) is 17.4 Å². The standard InChI is InChI=1S/C10H15NO5S2/c1-6(2)7(5-12)11-18(15,16)8-3-4-17-9(8)10(13)14/h3-4,6-7,11-12H,5H2,1-2H3,(H,13,14)/t7-/m1/s1. The fraction of sp³-hybridized carbons (Fsp3) is 0.500. The Morgan fingerprint density at radius 2 is 2.11 bits per heavy atom. The summed E-state index contributed by atoms with van der Waals surface area (Å²) >= 11 is 0.846. The average Bonchev–Trinajstić information content (AvgIpc) is 2.75. The van der Waals surface area contributed by atoms with E-state index in [2.05, 4.69) is 4.72 Å². The Balaban J connectivity index is 3.07. The molecule has 6 nitrogen and oxygen atoms in total. The van der Waals surface area contributed by atoms with Crippen molar-refractivity contribution in [3.05, 3.63) is 16.3 Å². The lowest BCUT2D eigenvalue weighted by atomic mass is 10.1. The zero-order valence-corrected chi connectivity index (χ0v) is 11.6. The molecule has 0 saturated carbocycles. The highest BCUT2D eigenvalue weighted by Gasteiger charge is 2.27. The second-order valence-corrected chi connectivity index (χ2v) is 6.67. The van der Waals surface area contributed by atoms with Crippen molar-refractivity contribution in [1.29, 1.82) is 0 Å². The number of rotatable bonds is 6. The van der Waals surface area contributed by atoms with E-state index >= 15 is 0 Å². The fourth-order valence-electron chi connectivity index (χ4n) is 1.31. The van der Waals surface area contributed by atoms with Gasteiger partial charge in [-0.3, -0.25) is 0 Å². The third-order valence-corrected chi connectivity index (χ3v) is 4.98. The minimum Gasteiger partial charge on any atom is -0.477 e. The number of sulfonamides is 1. The van der Waals surface area contributed by atoms with Crippen LogP contribution in [0.5, 0.6) is 0 Å². The van der Waals surface area contributed by atoms with E-state index < -0.39 is 22.0 Å². The zero-order chi connectivity index (χ0) is 13.9. The molecule has 18 heavy (non-hydrogen) atoms. The molecule has 1 rings (SSSR count). The topological polar surface area (TPSA) is 104 Å². The summed E-state index contributed by atoms with van der Waals surface area (Å²) in [6, 6.07) is 0.599. The lowest BCUT2D eigenvalue weighted by Crippen LogP contribution is -2.41. The van der Waals surface area contributed by atoms with Gasteiger partial charge in [0.2, 0.25) is 10.0 Å². The van der Waals surface area contributed by atoms with Crippen LogP contribution in [0.15, 0.2) is 16.3 Å². The van der Waals surface area contributed by atoms with Crippen molar-refractivity contribution >= 4 is 27.3 Å². The molecule has 0 spiro atoms. The summed E-state index contributed by atoms with van der Waals surface area (Å²) in [5, 5.41) is 19.4. The molecule has 0 radical (unpaired) electrons. The molecule has 0 aliphatic carbocycles. The number of carbonyl (C=O) groups is 1. The normalized spacial score (nSPS) is 13.8. The summed E-state index contributed by atoms with van der Waals surface area (Å²) < 4.78 is 26.3. The monoisotopic (exact) mass is 293 g/mol. The molecule has 1 aromatic heterocycles. The van der Waals surface area contributed by atoms with Crippen LogP contribution >= 0.6 is 11.3 Å². The Morgan fingerprint density at radius 1 is 1.50 bits per heavy atom. The summed E-state index contributed by atoms with van der Waals surface area (Å²) in [6.45, 7) is 3.17. The molecule has 102 valence electrons. The van der Waals surface area contributed by atoms with Crippen LogP contribution in [0.1, 0.15) is 23.5 Å². The molecule has 1 aromatic rings. The Morgan fingerprint density at radius 3 is 2.56 bits per heavy atom. The summed E-state index contributed by atoms with van der Waals surface area (Å²) in [4.78, 5) is 10.4. The molecule has 0 amide bonds. The van der Waals surface area contributed by atoms with Gasteiger partial charge >= 0.3 is 5.97 Å². The maximum atomic E-state index is 12.0. The van der Waals surface area contributed by atoms with Crippen molar-refractivity contribution in [1.82, 2.24) is 4.72 Å². The molecule has 0 unspecified atom stereocenters. The molecule has 8 heteroatoms. The Kier molecular flexibility index (Phi) is 4.85. The van der Waals surface area contributed by atoms with E-state index in [0.717, 1.165) is 11.3 Å². The second kappa shape index (κ2) is 5.79. The van der Waals surface area contributed by atoms with Crippen molar-refractivity contribution in [2.24, 2.45) is 5.92 Å². The Bertz CT molecular complexity index is 520. The predicted octanol–water partition coefficient (Wildman–Crippen LogP) is 0.742. The van der Waals surface area contributed by atoms with Gasteiger partial charge in [-0.2, -0.15) is 0 Å². The molecule has 0 fully saturated rings. The molecular formula is C10H15NO5S2. The van der Waals surface area contributed by atoms with Crippen LogP contribution in [0, 0.1) is 5.92 Å². The molecule has 0 aromatic carbocycles. The molecule has 0 aliphatic heterocycles. The first-order chi connectivity index (χ1) is 8.29. The van der Waals surface area contributed by atoms with E-state index in [1.807, 2.05) is 0 Å². The first kappa shape index (κ1) is 15.1. The van der Waals surface area contributed by atoms with Gasteiger partial charge in [0.15, 0.2) is 0 Å². The number of hydrogen-bond donors (Lipinski definition) is 3. The van der Waals surface area contributed by atoms with Crippen molar-refractivity contribution in [3.63, 3.8) is 0 Å². The molecule has 0 saturated heterocycles. The van der Waals surface area contributed by atoms with E-state index in [0.29, 0.717) is 0 Å². The third kappa shape index (κ3) is 3.29. The molecule has 1 atom stereocenters. The first-order valence-electron chi connectivity index (χ1n) is 5.23. The Labute approximate surface area is 109 Å². The van der Waals surface area contributed by atoms with E-state index in [4.69, 9.17) is 10.2 Å². The third-order valence-electron chi connectivity index (χ3n) is 2.42. The van der Waals surface area contributed by atoms with Gasteiger partial charge in [-0.15, -0.1) is 11.3 Å². The van der Waals surface area contributed by atoms with E-state index in [9.17, 15) is 13.2 Å². The number of carboxylic acid groups (broad SMARTS) is 1. The lowest BCUT2D eigenvalue weighted by Gasteiger charge is -2.19. The highest BCUT2D eigenvalue weighted by molar-refractivity contribution is 7.89. The van der Waals surface area contributed by atoms with Crippen molar-refractivity contribution in [2.75, 3.05) is 6.61 Å². The van der Waals surface area contributed by atoms with Crippen LogP contribution < -0.4 is 4.72 Å². The quantitative estimate of drug-likeness (QED) is 0.717. The smallest absolute Gasteiger partial charge is 0.347 e. The molecular weight excluding hydrogens is 278 g/mol.